The molecule has 22 heavy (non-hydrogen) atoms. The van der Waals surface area contributed by atoms with Gasteiger partial charge in [0, 0.05) is 23.3 Å². The van der Waals surface area contributed by atoms with Gasteiger partial charge in [0.2, 0.25) is 5.95 Å². The Morgan fingerprint density at radius 3 is 2.36 bits per heavy atom. The van der Waals surface area contributed by atoms with Crippen LogP contribution in [0, 0.1) is 5.82 Å². The molecule has 4 aromatic rings. The van der Waals surface area contributed by atoms with Crippen molar-refractivity contribution in [3.8, 4) is 17.2 Å². The number of nitrogens with zero attached hydrogens (tertiary/aromatic N) is 3. The number of hydrogen-bond donors (Lipinski definition) is 0. The molecule has 0 saturated carbocycles. The Hall–Kier alpha value is -3.01. The van der Waals surface area contributed by atoms with E-state index in [4.69, 9.17) is 0 Å². The van der Waals surface area contributed by atoms with E-state index < -0.39 is 0 Å². The van der Waals surface area contributed by atoms with Crippen molar-refractivity contribution in [3.05, 3.63) is 78.9 Å². The fourth-order valence-corrected chi connectivity index (χ4v) is 2.64. The molecule has 0 spiro atoms. The molecule has 0 aliphatic heterocycles. The minimum absolute atomic E-state index is 0.262. The van der Waals surface area contributed by atoms with Crippen LogP contribution >= 0.6 is 0 Å². The van der Waals surface area contributed by atoms with Gasteiger partial charge in [0.1, 0.15) is 5.82 Å². The van der Waals surface area contributed by atoms with Gasteiger partial charge in [-0.15, -0.1) is 0 Å². The van der Waals surface area contributed by atoms with Gasteiger partial charge in [-0.3, -0.25) is 4.57 Å². The van der Waals surface area contributed by atoms with Gasteiger partial charge in [0.25, 0.3) is 0 Å². The molecule has 2 heterocycles. The van der Waals surface area contributed by atoms with Gasteiger partial charge < -0.3 is 0 Å². The maximum Gasteiger partial charge on any atom is 0.234 e. The number of benzene rings is 2. The molecule has 4 heteroatoms. The van der Waals surface area contributed by atoms with Crippen LogP contribution in [0.1, 0.15) is 0 Å². The summed E-state index contributed by atoms with van der Waals surface area (Å²) in [7, 11) is 0. The van der Waals surface area contributed by atoms with E-state index in [2.05, 4.69) is 9.97 Å². The molecule has 0 N–H and O–H groups in total. The molecular weight excluding hydrogens is 277 g/mol. The zero-order valence-electron chi connectivity index (χ0n) is 11.6. The summed E-state index contributed by atoms with van der Waals surface area (Å²) in [5.74, 6) is 0.268. The van der Waals surface area contributed by atoms with Crippen LogP contribution in [0.5, 0.6) is 0 Å². The monoisotopic (exact) mass is 289 g/mol. The summed E-state index contributed by atoms with van der Waals surface area (Å²) in [5, 5.41) is 1.02. The van der Waals surface area contributed by atoms with Crippen molar-refractivity contribution in [3.63, 3.8) is 0 Å². The molecule has 4 rings (SSSR count). The first-order valence-corrected chi connectivity index (χ1v) is 6.97. The Morgan fingerprint density at radius 1 is 0.818 bits per heavy atom. The highest BCUT2D eigenvalue weighted by molar-refractivity contribution is 5.88. The third kappa shape index (κ3) is 1.97. The highest BCUT2D eigenvalue weighted by atomic mass is 19.1. The van der Waals surface area contributed by atoms with Crippen molar-refractivity contribution in [1.82, 2.24) is 14.5 Å². The SMILES string of the molecule is Fc1ccccc1-c1cc2ccccc2n1-c1ncccn1. The molecular formula is C18H12FN3. The number of aromatic nitrogens is 3. The van der Waals surface area contributed by atoms with E-state index >= 15 is 0 Å². The summed E-state index contributed by atoms with van der Waals surface area (Å²) in [6.07, 6.45) is 3.37. The first kappa shape index (κ1) is 12.7. The smallest absolute Gasteiger partial charge is 0.234 e. The fraction of sp³-hybridized carbons (Fsp3) is 0. The van der Waals surface area contributed by atoms with Gasteiger partial charge in [-0.1, -0.05) is 30.3 Å². The zero-order valence-corrected chi connectivity index (χ0v) is 11.6. The Morgan fingerprint density at radius 2 is 1.55 bits per heavy atom. The molecule has 0 radical (unpaired) electrons. The van der Waals surface area contributed by atoms with Crippen LogP contribution in [0.25, 0.3) is 28.1 Å². The second-order valence-corrected chi connectivity index (χ2v) is 4.95. The third-order valence-electron chi connectivity index (χ3n) is 3.61. The lowest BCUT2D eigenvalue weighted by Gasteiger charge is -2.09. The van der Waals surface area contributed by atoms with Crippen molar-refractivity contribution in [2.45, 2.75) is 0 Å². The maximum atomic E-state index is 14.2. The molecule has 0 bridgehead atoms. The molecule has 0 atom stereocenters. The lowest BCUT2D eigenvalue weighted by molar-refractivity contribution is 0.630. The van der Waals surface area contributed by atoms with E-state index in [1.165, 1.54) is 6.07 Å². The predicted octanol–water partition coefficient (Wildman–Crippen LogP) is 4.23. The van der Waals surface area contributed by atoms with Crippen molar-refractivity contribution < 1.29 is 4.39 Å². The van der Waals surface area contributed by atoms with E-state index in [1.807, 2.05) is 41.0 Å². The van der Waals surface area contributed by atoms with E-state index in [0.29, 0.717) is 11.5 Å². The van der Waals surface area contributed by atoms with Crippen molar-refractivity contribution in [1.29, 1.82) is 0 Å². The standard InChI is InChI=1S/C18H12FN3/c19-15-8-3-2-7-14(15)17-12-13-6-1-4-9-16(13)22(17)18-20-10-5-11-21-18/h1-12H. The van der Waals surface area contributed by atoms with Crippen molar-refractivity contribution in [2.75, 3.05) is 0 Å². The van der Waals surface area contributed by atoms with Crippen molar-refractivity contribution in [2.24, 2.45) is 0 Å². The van der Waals surface area contributed by atoms with Gasteiger partial charge >= 0.3 is 0 Å². The number of rotatable bonds is 2. The van der Waals surface area contributed by atoms with Crippen LogP contribution in [-0.2, 0) is 0 Å². The Labute approximate surface area is 126 Å². The zero-order chi connectivity index (χ0) is 14.9. The summed E-state index contributed by atoms with van der Waals surface area (Å²) in [6, 6.07) is 18.4. The van der Waals surface area contributed by atoms with Gasteiger partial charge in [-0.2, -0.15) is 0 Å². The van der Waals surface area contributed by atoms with Gasteiger partial charge in [-0.25, -0.2) is 14.4 Å². The van der Waals surface area contributed by atoms with Gasteiger partial charge in [0.05, 0.1) is 11.2 Å². The summed E-state index contributed by atoms with van der Waals surface area (Å²) in [4.78, 5) is 8.63. The molecule has 3 nitrogen and oxygen atoms in total. The number of para-hydroxylation sites is 1. The normalized spacial score (nSPS) is 11.0. The Bertz CT molecular complexity index is 945. The molecule has 0 saturated heterocycles. The predicted molar refractivity (Wildman–Crippen MR) is 84.3 cm³/mol. The molecule has 106 valence electrons. The molecule has 2 aromatic heterocycles. The topological polar surface area (TPSA) is 30.7 Å². The third-order valence-corrected chi connectivity index (χ3v) is 3.61. The summed E-state index contributed by atoms with van der Waals surface area (Å²) < 4.78 is 16.1. The Balaban J connectivity index is 2.09. The van der Waals surface area contributed by atoms with Crippen molar-refractivity contribution >= 4 is 10.9 Å². The van der Waals surface area contributed by atoms with Crippen LogP contribution in [0.2, 0.25) is 0 Å². The number of hydrogen-bond acceptors (Lipinski definition) is 2. The van der Waals surface area contributed by atoms with Crippen LogP contribution < -0.4 is 0 Å². The summed E-state index contributed by atoms with van der Waals surface area (Å²) in [5.41, 5.74) is 2.23. The summed E-state index contributed by atoms with van der Waals surface area (Å²) in [6.45, 7) is 0. The highest BCUT2D eigenvalue weighted by Gasteiger charge is 2.15. The first-order chi connectivity index (χ1) is 10.8. The van der Waals surface area contributed by atoms with Crippen LogP contribution in [0.4, 0.5) is 4.39 Å². The maximum absolute atomic E-state index is 14.2. The lowest BCUT2D eigenvalue weighted by atomic mass is 10.1. The van der Waals surface area contributed by atoms with E-state index in [0.717, 1.165) is 16.6 Å². The summed E-state index contributed by atoms with van der Waals surface area (Å²) >= 11 is 0. The molecule has 0 aliphatic rings. The molecule has 0 amide bonds. The largest absolute Gasteiger partial charge is 0.278 e. The number of halogens is 1. The van der Waals surface area contributed by atoms with E-state index in [-0.39, 0.29) is 5.82 Å². The molecule has 0 unspecified atom stereocenters. The number of fused-ring (bicyclic) bond motifs is 1. The van der Waals surface area contributed by atoms with Crippen LogP contribution in [-0.4, -0.2) is 14.5 Å². The lowest BCUT2D eigenvalue weighted by Crippen LogP contribution is -2.02. The molecule has 0 aliphatic carbocycles. The van der Waals surface area contributed by atoms with Crippen LogP contribution in [0.15, 0.2) is 73.1 Å². The van der Waals surface area contributed by atoms with E-state index in [9.17, 15) is 4.39 Å². The highest BCUT2D eigenvalue weighted by Crippen LogP contribution is 2.31. The second-order valence-electron chi connectivity index (χ2n) is 4.95. The van der Waals surface area contributed by atoms with Crippen LogP contribution in [0.3, 0.4) is 0 Å². The fourth-order valence-electron chi connectivity index (χ4n) is 2.64. The quantitative estimate of drug-likeness (QED) is 0.553. The van der Waals surface area contributed by atoms with Gasteiger partial charge in [-0.05, 0) is 30.3 Å². The van der Waals surface area contributed by atoms with E-state index in [1.54, 1.807) is 30.6 Å². The average Bonchev–Trinajstić information content (AvgIpc) is 2.95. The van der Waals surface area contributed by atoms with Gasteiger partial charge in [0.15, 0.2) is 0 Å². The molecule has 0 fully saturated rings. The first-order valence-electron chi connectivity index (χ1n) is 6.97. The molecule has 2 aromatic carbocycles. The minimum Gasteiger partial charge on any atom is -0.278 e. The minimum atomic E-state index is -0.262. The second kappa shape index (κ2) is 5.07. The average molecular weight is 289 g/mol. The Kier molecular flexibility index (Phi) is 2.93.